The van der Waals surface area contributed by atoms with Crippen molar-refractivity contribution >= 4 is 11.8 Å². The van der Waals surface area contributed by atoms with Gasteiger partial charge in [-0.3, -0.25) is 0 Å². The van der Waals surface area contributed by atoms with Gasteiger partial charge in [0.15, 0.2) is 5.76 Å². The number of pyridine rings is 1. The Kier molecular flexibility index (Phi) is 5.02. The Hall–Kier alpha value is -3.15. The van der Waals surface area contributed by atoms with Crippen LogP contribution in [0, 0.1) is 5.92 Å². The van der Waals surface area contributed by atoms with E-state index in [4.69, 9.17) is 9.63 Å². The van der Waals surface area contributed by atoms with Gasteiger partial charge in [-0.1, -0.05) is 31.1 Å². The van der Waals surface area contributed by atoms with Crippen molar-refractivity contribution in [3.05, 3.63) is 54.2 Å². The van der Waals surface area contributed by atoms with Crippen molar-refractivity contribution in [3.63, 3.8) is 0 Å². The largest absolute Gasteiger partial charge is 0.478 e. The number of benzene rings is 1. The first kappa shape index (κ1) is 17.7. The second-order valence-corrected chi connectivity index (χ2v) is 6.64. The van der Waals surface area contributed by atoms with E-state index in [2.05, 4.69) is 28.9 Å². The molecule has 0 saturated heterocycles. The normalized spacial score (nSPS) is 10.9. The lowest BCUT2D eigenvalue weighted by Gasteiger charge is -2.20. The number of carboxylic acids is 1. The monoisotopic (exact) mass is 351 g/mol. The lowest BCUT2D eigenvalue weighted by Crippen LogP contribution is -2.23. The highest BCUT2D eigenvalue weighted by molar-refractivity contribution is 5.89. The zero-order valence-electron chi connectivity index (χ0n) is 15.0. The Bertz CT molecular complexity index is 901. The molecule has 0 saturated carbocycles. The van der Waals surface area contributed by atoms with Gasteiger partial charge in [0.25, 0.3) is 0 Å². The third-order valence-corrected chi connectivity index (χ3v) is 3.98. The molecule has 0 amide bonds. The number of rotatable bonds is 6. The topological polar surface area (TPSA) is 79.5 Å². The van der Waals surface area contributed by atoms with Gasteiger partial charge in [0.1, 0.15) is 11.5 Å². The van der Waals surface area contributed by atoms with E-state index in [0.29, 0.717) is 22.9 Å². The van der Waals surface area contributed by atoms with Crippen LogP contribution in [0.25, 0.3) is 22.6 Å². The van der Waals surface area contributed by atoms with Crippen LogP contribution in [0.1, 0.15) is 24.2 Å². The number of carboxylic acid groups (broad SMARTS) is 1. The van der Waals surface area contributed by atoms with E-state index < -0.39 is 5.97 Å². The summed E-state index contributed by atoms with van der Waals surface area (Å²) in [5, 5.41) is 13.2. The van der Waals surface area contributed by atoms with Crippen molar-refractivity contribution in [2.45, 2.75) is 13.8 Å². The van der Waals surface area contributed by atoms with Crippen LogP contribution in [0.15, 0.2) is 53.2 Å². The molecule has 0 aliphatic carbocycles. The molecule has 0 aliphatic rings. The van der Waals surface area contributed by atoms with Crippen LogP contribution in [0.3, 0.4) is 0 Å². The average Bonchev–Trinajstić information content (AvgIpc) is 3.11. The average molecular weight is 351 g/mol. The predicted octanol–water partition coefficient (Wildman–Crippen LogP) is 4.19. The fourth-order valence-corrected chi connectivity index (χ4v) is 2.76. The predicted molar refractivity (Wildman–Crippen MR) is 100 cm³/mol. The first-order chi connectivity index (χ1) is 12.4. The van der Waals surface area contributed by atoms with E-state index in [9.17, 15) is 4.79 Å². The highest BCUT2D eigenvalue weighted by atomic mass is 16.5. The van der Waals surface area contributed by atoms with Gasteiger partial charge in [0, 0.05) is 37.0 Å². The Morgan fingerprint density at radius 3 is 2.65 bits per heavy atom. The van der Waals surface area contributed by atoms with Crippen molar-refractivity contribution in [3.8, 4) is 22.6 Å². The Balaban J connectivity index is 1.82. The summed E-state index contributed by atoms with van der Waals surface area (Å²) in [5.74, 6) is 1.07. The molecule has 2 aromatic heterocycles. The molecule has 1 N–H and O–H groups in total. The number of hydrogen-bond acceptors (Lipinski definition) is 5. The minimum absolute atomic E-state index is 0.214. The molecule has 134 valence electrons. The minimum Gasteiger partial charge on any atom is -0.478 e. The smallest absolute Gasteiger partial charge is 0.335 e. The Morgan fingerprint density at radius 1 is 1.19 bits per heavy atom. The molecule has 0 fully saturated rings. The quantitative estimate of drug-likeness (QED) is 0.717. The summed E-state index contributed by atoms with van der Waals surface area (Å²) in [7, 11) is 2.02. The van der Waals surface area contributed by atoms with E-state index >= 15 is 0 Å². The number of aromatic carboxylic acids is 1. The highest BCUT2D eigenvalue weighted by Crippen LogP contribution is 2.27. The maximum absolute atomic E-state index is 11.1. The summed E-state index contributed by atoms with van der Waals surface area (Å²) in [6, 6.07) is 12.3. The zero-order valence-corrected chi connectivity index (χ0v) is 15.0. The molecule has 3 aromatic rings. The SMILES string of the molecule is CC(C)CN(C)c1ccc(-c2cc(-c3cccc(C(=O)O)c3)no2)cn1. The van der Waals surface area contributed by atoms with E-state index in [-0.39, 0.29) is 5.56 Å². The summed E-state index contributed by atoms with van der Waals surface area (Å²) in [5.41, 5.74) is 2.32. The zero-order chi connectivity index (χ0) is 18.7. The third kappa shape index (κ3) is 3.91. The number of nitrogens with zero attached hydrogens (tertiary/aromatic N) is 3. The molecular formula is C20H21N3O3. The van der Waals surface area contributed by atoms with Gasteiger partial charge in [-0.15, -0.1) is 0 Å². The maximum atomic E-state index is 11.1. The van der Waals surface area contributed by atoms with Gasteiger partial charge in [0.2, 0.25) is 0 Å². The van der Waals surface area contributed by atoms with Crippen LogP contribution in [-0.4, -0.2) is 34.8 Å². The molecular weight excluding hydrogens is 330 g/mol. The molecule has 6 heteroatoms. The first-order valence-corrected chi connectivity index (χ1v) is 8.42. The van der Waals surface area contributed by atoms with Crippen molar-refractivity contribution in [1.82, 2.24) is 10.1 Å². The van der Waals surface area contributed by atoms with E-state index in [1.54, 1.807) is 36.5 Å². The second kappa shape index (κ2) is 7.39. The molecule has 6 nitrogen and oxygen atoms in total. The lowest BCUT2D eigenvalue weighted by atomic mass is 10.1. The van der Waals surface area contributed by atoms with Crippen LogP contribution in [0.4, 0.5) is 5.82 Å². The minimum atomic E-state index is -0.971. The standard InChI is InChI=1S/C20H21N3O3/c1-13(2)12-23(3)19-8-7-16(11-21-19)18-10-17(22-26-18)14-5-4-6-15(9-14)20(24)25/h4-11,13H,12H2,1-3H3,(H,24,25). The summed E-state index contributed by atoms with van der Waals surface area (Å²) >= 11 is 0. The first-order valence-electron chi connectivity index (χ1n) is 8.42. The second-order valence-electron chi connectivity index (χ2n) is 6.64. The van der Waals surface area contributed by atoms with Gasteiger partial charge < -0.3 is 14.5 Å². The Labute approximate surface area is 152 Å². The molecule has 0 spiro atoms. The molecule has 0 aliphatic heterocycles. The fraction of sp³-hybridized carbons (Fsp3) is 0.250. The number of hydrogen-bond donors (Lipinski definition) is 1. The Morgan fingerprint density at radius 2 is 2.00 bits per heavy atom. The number of carbonyl (C=O) groups is 1. The molecule has 0 atom stereocenters. The molecule has 1 aromatic carbocycles. The van der Waals surface area contributed by atoms with E-state index in [1.807, 2.05) is 19.2 Å². The lowest BCUT2D eigenvalue weighted by molar-refractivity contribution is 0.0697. The van der Waals surface area contributed by atoms with Crippen LogP contribution >= 0.6 is 0 Å². The summed E-state index contributed by atoms with van der Waals surface area (Å²) < 4.78 is 5.42. The highest BCUT2D eigenvalue weighted by Gasteiger charge is 2.12. The van der Waals surface area contributed by atoms with Crippen LogP contribution in [0.5, 0.6) is 0 Å². The molecule has 0 radical (unpaired) electrons. The number of anilines is 1. The summed E-state index contributed by atoms with van der Waals surface area (Å²) in [4.78, 5) is 17.7. The number of aromatic nitrogens is 2. The van der Waals surface area contributed by atoms with E-state index in [0.717, 1.165) is 17.9 Å². The van der Waals surface area contributed by atoms with Crippen molar-refractivity contribution in [2.24, 2.45) is 5.92 Å². The molecule has 3 rings (SSSR count). The van der Waals surface area contributed by atoms with Crippen LogP contribution in [0.2, 0.25) is 0 Å². The molecule has 2 heterocycles. The van der Waals surface area contributed by atoms with E-state index in [1.165, 1.54) is 0 Å². The fourth-order valence-electron chi connectivity index (χ4n) is 2.76. The van der Waals surface area contributed by atoms with Gasteiger partial charge >= 0.3 is 5.97 Å². The summed E-state index contributed by atoms with van der Waals surface area (Å²) in [6.07, 6.45) is 1.75. The van der Waals surface area contributed by atoms with Crippen LogP contribution in [-0.2, 0) is 0 Å². The van der Waals surface area contributed by atoms with Crippen molar-refractivity contribution in [2.75, 3.05) is 18.5 Å². The maximum Gasteiger partial charge on any atom is 0.335 e. The van der Waals surface area contributed by atoms with Crippen molar-refractivity contribution in [1.29, 1.82) is 0 Å². The van der Waals surface area contributed by atoms with Crippen molar-refractivity contribution < 1.29 is 14.4 Å². The van der Waals surface area contributed by atoms with Gasteiger partial charge in [0.05, 0.1) is 5.56 Å². The van der Waals surface area contributed by atoms with Gasteiger partial charge in [-0.25, -0.2) is 9.78 Å². The molecule has 0 bridgehead atoms. The van der Waals surface area contributed by atoms with Crippen LogP contribution < -0.4 is 4.90 Å². The van der Waals surface area contributed by atoms with Gasteiger partial charge in [-0.2, -0.15) is 0 Å². The molecule has 0 unspecified atom stereocenters. The molecule has 26 heavy (non-hydrogen) atoms. The third-order valence-electron chi connectivity index (χ3n) is 3.98. The van der Waals surface area contributed by atoms with Gasteiger partial charge in [-0.05, 0) is 30.2 Å². The summed E-state index contributed by atoms with van der Waals surface area (Å²) in [6.45, 7) is 5.26.